The number of aromatic nitrogens is 1. The van der Waals surface area contributed by atoms with Gasteiger partial charge in [0, 0.05) is 17.9 Å². The first-order valence-electron chi connectivity index (χ1n) is 10.1. The first-order valence-corrected chi connectivity index (χ1v) is 10.9. The van der Waals surface area contributed by atoms with Crippen LogP contribution in [0.15, 0.2) is 42.5 Å². The molecular formula is C25H22N2O3S. The lowest BCUT2D eigenvalue weighted by Crippen LogP contribution is -2.08. The van der Waals surface area contributed by atoms with E-state index in [4.69, 9.17) is 20.2 Å². The summed E-state index contributed by atoms with van der Waals surface area (Å²) >= 11 is 1.37. The van der Waals surface area contributed by atoms with Gasteiger partial charge >= 0.3 is 0 Å². The second-order valence-electron chi connectivity index (χ2n) is 7.65. The van der Waals surface area contributed by atoms with Gasteiger partial charge in [0.05, 0.1) is 30.5 Å². The molecule has 0 aliphatic heterocycles. The predicted octanol–water partition coefficient (Wildman–Crippen LogP) is 5.53. The molecule has 0 atom stereocenters. The molecule has 5 rings (SSSR count). The number of Topliss-reactive ketones (excluding diaryl/α,β-unsaturated/α-hetero) is 1. The molecule has 6 heteroatoms. The van der Waals surface area contributed by atoms with Gasteiger partial charge in [-0.15, -0.1) is 11.3 Å². The highest BCUT2D eigenvalue weighted by molar-refractivity contribution is 7.21. The van der Waals surface area contributed by atoms with E-state index < -0.39 is 0 Å². The van der Waals surface area contributed by atoms with Gasteiger partial charge in [-0.1, -0.05) is 12.1 Å². The zero-order chi connectivity index (χ0) is 21.7. The molecule has 0 radical (unpaired) electrons. The minimum atomic E-state index is -0.0377. The van der Waals surface area contributed by atoms with E-state index in [1.165, 1.54) is 16.9 Å². The fourth-order valence-corrected chi connectivity index (χ4v) is 5.39. The third-order valence-electron chi connectivity index (χ3n) is 5.89. The van der Waals surface area contributed by atoms with Gasteiger partial charge in [0.15, 0.2) is 5.78 Å². The number of hydrogen-bond donors (Lipinski definition) is 1. The number of nitrogens with two attached hydrogens (primary N) is 1. The van der Waals surface area contributed by atoms with Gasteiger partial charge in [-0.25, -0.2) is 4.98 Å². The van der Waals surface area contributed by atoms with Crippen LogP contribution in [0.5, 0.6) is 11.5 Å². The van der Waals surface area contributed by atoms with Crippen LogP contribution in [0.3, 0.4) is 0 Å². The Morgan fingerprint density at radius 3 is 2.42 bits per heavy atom. The largest absolute Gasteiger partial charge is 0.497 e. The van der Waals surface area contributed by atoms with Crippen molar-refractivity contribution >= 4 is 33.0 Å². The number of carbonyl (C=O) groups is 1. The molecule has 0 fully saturated rings. The minimum Gasteiger partial charge on any atom is -0.497 e. The van der Waals surface area contributed by atoms with Crippen molar-refractivity contribution in [2.24, 2.45) is 0 Å². The molecule has 2 aromatic heterocycles. The summed E-state index contributed by atoms with van der Waals surface area (Å²) in [7, 11) is 3.34. The van der Waals surface area contributed by atoms with Gasteiger partial charge in [-0.05, 0) is 65.4 Å². The summed E-state index contributed by atoms with van der Waals surface area (Å²) in [5.74, 6) is 1.60. The number of aryl methyl sites for hydroxylation is 1. The van der Waals surface area contributed by atoms with Crippen LogP contribution in [0.4, 0.5) is 5.69 Å². The Morgan fingerprint density at radius 1 is 1.03 bits per heavy atom. The smallest absolute Gasteiger partial charge is 0.171 e. The number of rotatable bonds is 4. The minimum absolute atomic E-state index is 0.0377. The highest BCUT2D eigenvalue weighted by Crippen LogP contribution is 2.47. The normalized spacial score (nSPS) is 12.4. The van der Waals surface area contributed by atoms with Crippen LogP contribution in [-0.2, 0) is 12.8 Å². The molecule has 0 spiro atoms. The van der Waals surface area contributed by atoms with Crippen LogP contribution >= 0.6 is 11.3 Å². The van der Waals surface area contributed by atoms with E-state index in [1.807, 2.05) is 30.3 Å². The number of nitrogen functional groups attached to an aromatic ring is 1. The Kier molecular flexibility index (Phi) is 4.67. The summed E-state index contributed by atoms with van der Waals surface area (Å²) in [6.45, 7) is 1.55. The standard InChI is InChI=1S/C25H22N2O3S/c1-13(28)24-22(26)21-20(14-4-7-16(29-2)8-5-14)19-10-6-15-12-17(30-3)9-11-18(15)23(19)27-25(21)31-24/h4-5,7-9,11-12H,6,10,26H2,1-3H3. The summed E-state index contributed by atoms with van der Waals surface area (Å²) in [6, 6.07) is 14.1. The van der Waals surface area contributed by atoms with Gasteiger partial charge < -0.3 is 15.2 Å². The van der Waals surface area contributed by atoms with Crippen LogP contribution in [0, 0.1) is 0 Å². The predicted molar refractivity (Wildman–Crippen MR) is 125 cm³/mol. The van der Waals surface area contributed by atoms with Crippen molar-refractivity contribution in [3.63, 3.8) is 0 Å². The molecule has 2 aromatic carbocycles. The van der Waals surface area contributed by atoms with Crippen molar-refractivity contribution in [3.05, 3.63) is 58.5 Å². The molecule has 0 saturated carbocycles. The van der Waals surface area contributed by atoms with Crippen LogP contribution in [0.25, 0.3) is 32.6 Å². The molecule has 2 heterocycles. The first kappa shape index (κ1) is 19.6. The number of nitrogens with zero attached hydrogens (tertiary/aromatic N) is 1. The van der Waals surface area contributed by atoms with Gasteiger partial charge in [-0.3, -0.25) is 4.79 Å². The Bertz CT molecular complexity index is 1340. The van der Waals surface area contributed by atoms with E-state index in [9.17, 15) is 4.79 Å². The molecule has 4 aromatic rings. The molecule has 0 unspecified atom stereocenters. The second-order valence-corrected chi connectivity index (χ2v) is 8.65. The van der Waals surface area contributed by atoms with Crippen LogP contribution in [-0.4, -0.2) is 25.0 Å². The Morgan fingerprint density at radius 2 is 1.74 bits per heavy atom. The molecule has 0 bridgehead atoms. The topological polar surface area (TPSA) is 74.4 Å². The number of pyridine rings is 1. The van der Waals surface area contributed by atoms with Crippen molar-refractivity contribution in [2.45, 2.75) is 19.8 Å². The van der Waals surface area contributed by atoms with Gasteiger partial charge in [0.25, 0.3) is 0 Å². The average Bonchev–Trinajstić information content (AvgIpc) is 3.13. The molecule has 156 valence electrons. The molecule has 0 saturated heterocycles. The number of hydrogen-bond acceptors (Lipinski definition) is 6. The number of fused-ring (bicyclic) bond motifs is 4. The van der Waals surface area contributed by atoms with Crippen molar-refractivity contribution in [1.29, 1.82) is 0 Å². The summed E-state index contributed by atoms with van der Waals surface area (Å²) in [5.41, 5.74) is 13.6. The first-order chi connectivity index (χ1) is 15.0. The van der Waals surface area contributed by atoms with E-state index in [0.29, 0.717) is 10.6 Å². The summed E-state index contributed by atoms with van der Waals surface area (Å²) < 4.78 is 10.8. The van der Waals surface area contributed by atoms with Crippen molar-refractivity contribution in [3.8, 4) is 33.9 Å². The lowest BCUT2D eigenvalue weighted by atomic mass is 9.83. The van der Waals surface area contributed by atoms with Gasteiger partial charge in [-0.2, -0.15) is 0 Å². The summed E-state index contributed by atoms with van der Waals surface area (Å²) in [4.78, 5) is 18.6. The molecule has 31 heavy (non-hydrogen) atoms. The van der Waals surface area contributed by atoms with Gasteiger partial charge in [0.1, 0.15) is 16.3 Å². The number of carbonyl (C=O) groups excluding carboxylic acids is 1. The second kappa shape index (κ2) is 7.39. The van der Waals surface area contributed by atoms with Crippen molar-refractivity contribution in [1.82, 2.24) is 4.98 Å². The Hall–Kier alpha value is -3.38. The lowest BCUT2D eigenvalue weighted by Gasteiger charge is -2.23. The Balaban J connectivity index is 1.85. The molecule has 2 N–H and O–H groups in total. The Labute approximate surface area is 184 Å². The SMILES string of the molecule is COc1ccc(-c2c3c(nc4sc(C(C)=O)c(N)c24)-c2ccc(OC)cc2CC3)cc1. The van der Waals surface area contributed by atoms with E-state index in [0.717, 1.165) is 62.5 Å². The molecular weight excluding hydrogens is 408 g/mol. The average molecular weight is 431 g/mol. The zero-order valence-electron chi connectivity index (χ0n) is 17.6. The third-order valence-corrected chi connectivity index (χ3v) is 7.09. The third kappa shape index (κ3) is 3.06. The van der Waals surface area contributed by atoms with Crippen molar-refractivity contribution < 1.29 is 14.3 Å². The number of methoxy groups -OCH3 is 2. The number of ketones is 1. The molecule has 1 aliphatic carbocycles. The maximum atomic E-state index is 12.2. The lowest BCUT2D eigenvalue weighted by molar-refractivity contribution is 0.102. The van der Waals surface area contributed by atoms with Crippen LogP contribution in [0.2, 0.25) is 0 Å². The highest BCUT2D eigenvalue weighted by atomic mass is 32.1. The number of ether oxygens (including phenoxy) is 2. The number of benzene rings is 2. The van der Waals surface area contributed by atoms with Gasteiger partial charge in [0.2, 0.25) is 0 Å². The highest BCUT2D eigenvalue weighted by Gasteiger charge is 2.27. The van der Waals surface area contributed by atoms with Crippen LogP contribution < -0.4 is 15.2 Å². The van der Waals surface area contributed by atoms with Crippen molar-refractivity contribution in [2.75, 3.05) is 20.0 Å². The summed E-state index contributed by atoms with van der Waals surface area (Å²) in [5, 5.41) is 0.871. The van der Waals surface area contributed by atoms with E-state index in [-0.39, 0.29) is 5.78 Å². The monoisotopic (exact) mass is 430 g/mol. The van der Waals surface area contributed by atoms with Crippen LogP contribution in [0.1, 0.15) is 27.7 Å². The van der Waals surface area contributed by atoms with E-state index >= 15 is 0 Å². The number of thiophene rings is 1. The molecule has 5 nitrogen and oxygen atoms in total. The van der Waals surface area contributed by atoms with E-state index in [2.05, 4.69) is 12.1 Å². The maximum Gasteiger partial charge on any atom is 0.171 e. The fraction of sp³-hybridized carbons (Fsp3) is 0.200. The van der Waals surface area contributed by atoms with E-state index in [1.54, 1.807) is 21.1 Å². The zero-order valence-corrected chi connectivity index (χ0v) is 18.4. The summed E-state index contributed by atoms with van der Waals surface area (Å²) in [6.07, 6.45) is 1.73. The molecule has 1 aliphatic rings. The maximum absolute atomic E-state index is 12.2. The quantitative estimate of drug-likeness (QED) is 0.431. The fourth-order valence-electron chi connectivity index (χ4n) is 4.39. The number of anilines is 1. The molecule has 0 amide bonds.